The molecule has 1 aromatic heterocycles. The summed E-state index contributed by atoms with van der Waals surface area (Å²) in [5.74, 6) is 1.99. The molecule has 20 heavy (non-hydrogen) atoms. The summed E-state index contributed by atoms with van der Waals surface area (Å²) in [5, 5.41) is 37.7. The first-order chi connectivity index (χ1) is 9.49. The first kappa shape index (κ1) is 14.4. The topological polar surface area (TPSA) is 137 Å². The average molecular weight is 283 g/mol. The second-order valence-electron chi connectivity index (χ2n) is 4.25. The van der Waals surface area contributed by atoms with Crippen LogP contribution in [-0.2, 0) is 4.74 Å². The van der Waals surface area contributed by atoms with E-state index < -0.39 is 36.3 Å². The summed E-state index contributed by atoms with van der Waals surface area (Å²) in [7, 11) is 0. The molecule has 0 radical (unpaired) electrons. The van der Waals surface area contributed by atoms with Gasteiger partial charge in [-0.15, -0.1) is 6.42 Å². The van der Waals surface area contributed by atoms with Gasteiger partial charge in [0.05, 0.1) is 6.61 Å². The van der Waals surface area contributed by atoms with E-state index in [4.69, 9.17) is 16.4 Å². The molecule has 1 aliphatic rings. The normalized spacial score (nSPS) is 32.9. The maximum absolute atomic E-state index is 11.7. The molecular formula is C11H13N3O6. The first-order valence-corrected chi connectivity index (χ1v) is 5.61. The smallest absolute Gasteiger partial charge is 0.351 e. The second-order valence-corrected chi connectivity index (χ2v) is 4.25. The summed E-state index contributed by atoms with van der Waals surface area (Å²) >= 11 is 0. The number of rotatable bonds is 3. The van der Waals surface area contributed by atoms with E-state index >= 15 is 0 Å². The molecular weight excluding hydrogens is 270 g/mol. The summed E-state index contributed by atoms with van der Waals surface area (Å²) in [6.07, 6.45) is 2.00. The molecule has 2 heterocycles. The van der Waals surface area contributed by atoms with Crippen molar-refractivity contribution >= 4 is 5.82 Å². The van der Waals surface area contributed by atoms with Gasteiger partial charge in [0.1, 0.15) is 12.2 Å². The van der Waals surface area contributed by atoms with Crippen molar-refractivity contribution < 1.29 is 25.3 Å². The fraction of sp³-hybridized carbons (Fsp3) is 0.455. The lowest BCUT2D eigenvalue weighted by Gasteiger charge is -2.23. The van der Waals surface area contributed by atoms with E-state index in [-0.39, 0.29) is 5.82 Å². The van der Waals surface area contributed by atoms with Crippen molar-refractivity contribution in [2.45, 2.75) is 24.0 Å². The van der Waals surface area contributed by atoms with E-state index in [1.165, 1.54) is 12.3 Å². The molecule has 2 rings (SSSR count). The quantitative estimate of drug-likeness (QED) is 0.307. The van der Waals surface area contributed by atoms with E-state index in [0.717, 1.165) is 4.57 Å². The zero-order valence-electron chi connectivity index (χ0n) is 10.2. The number of aliphatic hydroxyl groups is 3. The molecule has 4 atom stereocenters. The first-order valence-electron chi connectivity index (χ1n) is 5.61. The van der Waals surface area contributed by atoms with Crippen molar-refractivity contribution in [1.29, 1.82) is 0 Å². The van der Waals surface area contributed by atoms with Gasteiger partial charge in [-0.2, -0.15) is 4.98 Å². The summed E-state index contributed by atoms with van der Waals surface area (Å²) in [5.41, 5.74) is -0.941. The highest BCUT2D eigenvalue weighted by molar-refractivity contribution is 5.28. The van der Waals surface area contributed by atoms with Crippen LogP contribution in [0.2, 0.25) is 0 Å². The average Bonchev–Trinajstić information content (AvgIpc) is 2.72. The molecule has 1 aliphatic heterocycles. The van der Waals surface area contributed by atoms with E-state index in [2.05, 4.69) is 10.9 Å². The van der Waals surface area contributed by atoms with Gasteiger partial charge in [0.25, 0.3) is 0 Å². The highest BCUT2D eigenvalue weighted by Gasteiger charge is 2.54. The second kappa shape index (κ2) is 5.20. The molecule has 9 nitrogen and oxygen atoms in total. The fourth-order valence-corrected chi connectivity index (χ4v) is 1.97. The third-order valence-corrected chi connectivity index (χ3v) is 3.12. The van der Waals surface area contributed by atoms with Gasteiger partial charge < -0.3 is 20.1 Å². The van der Waals surface area contributed by atoms with Crippen molar-refractivity contribution in [3.63, 3.8) is 0 Å². The summed E-state index contributed by atoms with van der Waals surface area (Å²) in [4.78, 5) is 15.2. The molecule has 0 aliphatic carbocycles. The third-order valence-electron chi connectivity index (χ3n) is 3.12. The lowest BCUT2D eigenvalue weighted by molar-refractivity contribution is -0.0936. The Morgan fingerprint density at radius 3 is 2.75 bits per heavy atom. The predicted octanol–water partition coefficient (Wildman–Crippen LogP) is -2.34. The Morgan fingerprint density at radius 1 is 1.60 bits per heavy atom. The molecule has 0 aromatic carbocycles. The maximum atomic E-state index is 11.7. The molecule has 5 N–H and O–H groups in total. The van der Waals surface area contributed by atoms with E-state index in [9.17, 15) is 20.1 Å². The zero-order chi connectivity index (χ0) is 14.9. The van der Waals surface area contributed by atoms with Crippen LogP contribution in [-0.4, -0.2) is 54.5 Å². The molecule has 1 aromatic rings. The van der Waals surface area contributed by atoms with Gasteiger partial charge in [-0.1, -0.05) is 5.92 Å². The number of aliphatic hydroxyl groups excluding tert-OH is 3. The van der Waals surface area contributed by atoms with Gasteiger partial charge in [0.15, 0.2) is 17.6 Å². The Bertz CT molecular complexity index is 597. The van der Waals surface area contributed by atoms with Crippen molar-refractivity contribution in [3.05, 3.63) is 22.7 Å². The zero-order valence-corrected chi connectivity index (χ0v) is 10.2. The molecule has 0 amide bonds. The van der Waals surface area contributed by atoms with Gasteiger partial charge in [-0.05, 0) is 6.07 Å². The number of ether oxygens (including phenoxy) is 1. The summed E-state index contributed by atoms with van der Waals surface area (Å²) in [6, 6.07) is 1.25. The van der Waals surface area contributed by atoms with Crippen molar-refractivity contribution in [2.24, 2.45) is 0 Å². The number of anilines is 1. The fourth-order valence-electron chi connectivity index (χ4n) is 1.97. The van der Waals surface area contributed by atoms with Crippen LogP contribution in [0.25, 0.3) is 0 Å². The van der Waals surface area contributed by atoms with E-state index in [0.29, 0.717) is 0 Å². The number of hydrogen-bond donors (Lipinski definition) is 5. The molecule has 9 heteroatoms. The number of nitrogens with one attached hydrogen (secondary N) is 1. The largest absolute Gasteiger partial charge is 0.392 e. The minimum atomic E-state index is -1.79. The SMILES string of the molecule is C#C[C@]1(CO)O[C@@H](n2ccc(NO)nc2=O)C(O)[C@H]1O. The van der Waals surface area contributed by atoms with Crippen LogP contribution in [0.1, 0.15) is 6.23 Å². The molecule has 0 saturated carbocycles. The van der Waals surface area contributed by atoms with Gasteiger partial charge in [-0.25, -0.2) is 4.79 Å². The molecule has 108 valence electrons. The van der Waals surface area contributed by atoms with Crippen LogP contribution in [0.3, 0.4) is 0 Å². The van der Waals surface area contributed by atoms with Crippen LogP contribution < -0.4 is 11.2 Å². The highest BCUT2D eigenvalue weighted by Crippen LogP contribution is 2.35. The van der Waals surface area contributed by atoms with Gasteiger partial charge in [-0.3, -0.25) is 15.3 Å². The molecule has 0 bridgehead atoms. The van der Waals surface area contributed by atoms with Gasteiger partial charge in [0.2, 0.25) is 0 Å². The lowest BCUT2D eigenvalue weighted by Crippen LogP contribution is -2.45. The lowest BCUT2D eigenvalue weighted by atomic mass is 9.97. The summed E-state index contributed by atoms with van der Waals surface area (Å²) in [6.45, 7) is -0.726. The van der Waals surface area contributed by atoms with Crippen molar-refractivity contribution in [2.75, 3.05) is 12.1 Å². The van der Waals surface area contributed by atoms with Crippen LogP contribution in [0.4, 0.5) is 5.82 Å². The minimum absolute atomic E-state index is 0.0929. The molecule has 1 saturated heterocycles. The molecule has 1 unspecified atom stereocenters. The maximum Gasteiger partial charge on any atom is 0.351 e. The Labute approximate surface area is 113 Å². The number of nitrogens with zero attached hydrogens (tertiary/aromatic N) is 2. The van der Waals surface area contributed by atoms with Gasteiger partial charge in [0, 0.05) is 6.20 Å². The number of hydrogen-bond acceptors (Lipinski definition) is 8. The Hall–Kier alpha value is -1.96. The minimum Gasteiger partial charge on any atom is -0.392 e. The van der Waals surface area contributed by atoms with Crippen molar-refractivity contribution in [3.8, 4) is 12.3 Å². The summed E-state index contributed by atoms with van der Waals surface area (Å²) < 4.78 is 6.16. The van der Waals surface area contributed by atoms with Crippen LogP contribution in [0, 0.1) is 12.3 Å². The number of aromatic nitrogens is 2. The van der Waals surface area contributed by atoms with Gasteiger partial charge >= 0.3 is 5.69 Å². The predicted molar refractivity (Wildman–Crippen MR) is 64.7 cm³/mol. The van der Waals surface area contributed by atoms with Crippen LogP contribution in [0.15, 0.2) is 17.1 Å². The molecule has 1 fully saturated rings. The van der Waals surface area contributed by atoms with Crippen LogP contribution in [0.5, 0.6) is 0 Å². The van der Waals surface area contributed by atoms with Crippen LogP contribution >= 0.6 is 0 Å². The standard InChI is InChI=1S/C11H13N3O6/c1-2-11(5-15)8(17)7(16)9(20-11)14-4-3-6(13-19)12-10(14)18/h1,3-4,7-9,15-17,19H,5H2,(H,12,13,18)/t7?,8-,9-,11-/m1/s1. The Balaban J connectivity index is 2.40. The Kier molecular flexibility index (Phi) is 3.76. The van der Waals surface area contributed by atoms with Crippen molar-refractivity contribution in [1.82, 2.24) is 9.55 Å². The molecule has 0 spiro atoms. The third kappa shape index (κ3) is 2.05. The van der Waals surface area contributed by atoms with E-state index in [1.54, 1.807) is 5.48 Å². The Morgan fingerprint density at radius 2 is 2.30 bits per heavy atom. The van der Waals surface area contributed by atoms with E-state index in [1.807, 2.05) is 0 Å². The number of terminal acetylenes is 1. The highest BCUT2D eigenvalue weighted by atomic mass is 16.6. The monoisotopic (exact) mass is 283 g/mol.